The van der Waals surface area contributed by atoms with Crippen LogP contribution in [0.15, 0.2) is 65.4 Å². The van der Waals surface area contributed by atoms with Gasteiger partial charge in [-0.25, -0.2) is 9.97 Å². The molecule has 0 spiro atoms. The molecule has 0 radical (unpaired) electrons. The lowest BCUT2D eigenvalue weighted by Crippen LogP contribution is -2.12. The zero-order valence-electron chi connectivity index (χ0n) is 17.4. The van der Waals surface area contributed by atoms with Crippen LogP contribution in [0.25, 0.3) is 22.8 Å². The van der Waals surface area contributed by atoms with Crippen molar-refractivity contribution in [2.45, 2.75) is 19.3 Å². The molecule has 4 rings (SSSR count). The minimum atomic E-state index is -0.159. The number of amides is 1. The van der Waals surface area contributed by atoms with E-state index in [1.54, 1.807) is 31.4 Å². The Morgan fingerprint density at radius 3 is 2.56 bits per heavy atom. The zero-order valence-corrected chi connectivity index (χ0v) is 17.4. The molecule has 0 saturated carbocycles. The minimum Gasteiger partial charge on any atom is -0.508 e. The first-order valence-electron chi connectivity index (χ1n) is 9.99. The molecular formula is C23H21N5O4. The smallest absolute Gasteiger partial charge is 0.226 e. The van der Waals surface area contributed by atoms with E-state index in [4.69, 9.17) is 9.26 Å². The van der Waals surface area contributed by atoms with Gasteiger partial charge in [0.2, 0.25) is 17.6 Å². The summed E-state index contributed by atoms with van der Waals surface area (Å²) in [6.07, 6.45) is 4.39. The molecule has 0 bridgehead atoms. The molecule has 2 N–H and O–H groups in total. The molecule has 9 nitrogen and oxygen atoms in total. The lowest BCUT2D eigenvalue weighted by atomic mass is 10.2. The number of ether oxygens (including phenoxy) is 1. The Morgan fingerprint density at radius 2 is 1.84 bits per heavy atom. The summed E-state index contributed by atoms with van der Waals surface area (Å²) in [5.41, 5.74) is 2.02. The van der Waals surface area contributed by atoms with Gasteiger partial charge in [-0.2, -0.15) is 4.98 Å². The third-order valence-corrected chi connectivity index (χ3v) is 4.65. The lowest BCUT2D eigenvalue weighted by Gasteiger charge is -2.05. The Morgan fingerprint density at radius 1 is 1.06 bits per heavy atom. The van der Waals surface area contributed by atoms with Crippen molar-refractivity contribution in [3.05, 3.63) is 66.8 Å². The summed E-state index contributed by atoms with van der Waals surface area (Å²) in [5.74, 6) is 2.17. The van der Waals surface area contributed by atoms with Gasteiger partial charge in [-0.15, -0.1) is 0 Å². The van der Waals surface area contributed by atoms with E-state index < -0.39 is 0 Å². The largest absolute Gasteiger partial charge is 0.508 e. The molecule has 2 aromatic heterocycles. The number of anilines is 1. The fourth-order valence-electron chi connectivity index (χ4n) is 3.02. The van der Waals surface area contributed by atoms with Crippen molar-refractivity contribution >= 4 is 11.6 Å². The fraction of sp³-hybridized carbons (Fsp3) is 0.174. The predicted octanol–water partition coefficient (Wildman–Crippen LogP) is 3.87. The van der Waals surface area contributed by atoms with E-state index in [9.17, 15) is 9.90 Å². The molecular weight excluding hydrogens is 410 g/mol. The number of methoxy groups -OCH3 is 1. The van der Waals surface area contributed by atoms with E-state index in [1.807, 2.05) is 24.3 Å². The number of nitrogens with one attached hydrogen (secondary N) is 1. The second-order valence-electron chi connectivity index (χ2n) is 6.99. The van der Waals surface area contributed by atoms with Gasteiger partial charge in [0, 0.05) is 24.0 Å². The highest BCUT2D eigenvalue weighted by atomic mass is 16.5. The van der Waals surface area contributed by atoms with E-state index in [1.165, 1.54) is 12.4 Å². The van der Waals surface area contributed by atoms with Crippen molar-refractivity contribution in [2.75, 3.05) is 12.4 Å². The maximum Gasteiger partial charge on any atom is 0.226 e. The average Bonchev–Trinajstić information content (AvgIpc) is 3.28. The standard InChI is InChI=1S/C23H21N5O4/c1-31-19-10-8-15(9-11-19)23-27-21(32-28-23)7-3-6-20(30)26-17-13-24-22(25-14-17)16-4-2-5-18(29)12-16/h2,4-5,8-14,29H,3,6-7H2,1H3,(H,26,30). The third-order valence-electron chi connectivity index (χ3n) is 4.65. The van der Waals surface area contributed by atoms with Crippen LogP contribution < -0.4 is 10.1 Å². The van der Waals surface area contributed by atoms with E-state index in [0.29, 0.717) is 41.6 Å². The molecule has 0 unspecified atom stereocenters. The molecule has 0 aliphatic rings. The number of aromatic hydroxyl groups is 1. The van der Waals surface area contributed by atoms with Crippen LogP contribution in [0.2, 0.25) is 0 Å². The highest BCUT2D eigenvalue weighted by molar-refractivity contribution is 5.90. The van der Waals surface area contributed by atoms with Gasteiger partial charge in [-0.3, -0.25) is 4.79 Å². The van der Waals surface area contributed by atoms with Gasteiger partial charge in [0.1, 0.15) is 11.5 Å². The Balaban J connectivity index is 1.26. The first-order valence-corrected chi connectivity index (χ1v) is 9.99. The molecule has 0 fully saturated rings. The number of aryl methyl sites for hydroxylation is 1. The fourth-order valence-corrected chi connectivity index (χ4v) is 3.02. The molecule has 2 aromatic carbocycles. The van der Waals surface area contributed by atoms with Gasteiger partial charge >= 0.3 is 0 Å². The van der Waals surface area contributed by atoms with Crippen molar-refractivity contribution in [1.82, 2.24) is 20.1 Å². The van der Waals surface area contributed by atoms with Gasteiger partial charge < -0.3 is 19.7 Å². The summed E-state index contributed by atoms with van der Waals surface area (Å²) in [6, 6.07) is 14.0. The van der Waals surface area contributed by atoms with Crippen LogP contribution in [-0.2, 0) is 11.2 Å². The molecule has 0 aliphatic carbocycles. The number of aromatic nitrogens is 4. The van der Waals surface area contributed by atoms with Gasteiger partial charge in [-0.1, -0.05) is 17.3 Å². The second-order valence-corrected chi connectivity index (χ2v) is 6.99. The second kappa shape index (κ2) is 9.69. The number of phenols is 1. The van der Waals surface area contributed by atoms with E-state index in [0.717, 1.165) is 11.3 Å². The summed E-state index contributed by atoms with van der Waals surface area (Å²) < 4.78 is 10.4. The lowest BCUT2D eigenvalue weighted by molar-refractivity contribution is -0.116. The van der Waals surface area contributed by atoms with Crippen LogP contribution in [0, 0.1) is 0 Å². The Kier molecular flexibility index (Phi) is 6.35. The topological polar surface area (TPSA) is 123 Å². The molecule has 1 amide bonds. The SMILES string of the molecule is COc1ccc(-c2noc(CCCC(=O)Nc3cnc(-c4cccc(O)c4)nc3)n2)cc1. The first-order chi connectivity index (χ1) is 15.6. The summed E-state index contributed by atoms with van der Waals surface area (Å²) >= 11 is 0. The van der Waals surface area contributed by atoms with Crippen LogP contribution in [0.5, 0.6) is 11.5 Å². The van der Waals surface area contributed by atoms with Crippen molar-refractivity contribution < 1.29 is 19.2 Å². The number of carbonyl (C=O) groups is 1. The average molecular weight is 431 g/mol. The summed E-state index contributed by atoms with van der Waals surface area (Å²) in [7, 11) is 1.61. The predicted molar refractivity (Wildman–Crippen MR) is 117 cm³/mol. The molecule has 9 heteroatoms. The highest BCUT2D eigenvalue weighted by Crippen LogP contribution is 2.21. The Labute approximate surface area is 184 Å². The van der Waals surface area contributed by atoms with Crippen molar-refractivity contribution in [3.63, 3.8) is 0 Å². The number of rotatable bonds is 8. The molecule has 0 aliphatic heterocycles. The Hall–Kier alpha value is -4.27. The molecule has 0 saturated heterocycles. The number of hydrogen-bond acceptors (Lipinski definition) is 8. The normalized spacial score (nSPS) is 10.7. The quantitative estimate of drug-likeness (QED) is 0.431. The van der Waals surface area contributed by atoms with Crippen molar-refractivity contribution in [1.29, 1.82) is 0 Å². The van der Waals surface area contributed by atoms with Crippen molar-refractivity contribution in [3.8, 4) is 34.3 Å². The number of nitrogens with zero attached hydrogens (tertiary/aromatic N) is 4. The summed E-state index contributed by atoms with van der Waals surface area (Å²) in [4.78, 5) is 25.1. The minimum absolute atomic E-state index is 0.140. The summed E-state index contributed by atoms with van der Waals surface area (Å²) in [6.45, 7) is 0. The van der Waals surface area contributed by atoms with Gasteiger partial charge in [0.05, 0.1) is 25.2 Å². The first kappa shape index (κ1) is 21.0. The Bertz CT molecular complexity index is 1190. The van der Waals surface area contributed by atoms with Crippen LogP contribution in [-0.4, -0.2) is 38.2 Å². The molecule has 32 heavy (non-hydrogen) atoms. The van der Waals surface area contributed by atoms with E-state index in [-0.39, 0.29) is 18.1 Å². The van der Waals surface area contributed by atoms with Crippen LogP contribution in [0.4, 0.5) is 5.69 Å². The van der Waals surface area contributed by atoms with Gasteiger partial charge in [-0.05, 0) is 42.8 Å². The highest BCUT2D eigenvalue weighted by Gasteiger charge is 2.11. The van der Waals surface area contributed by atoms with E-state index >= 15 is 0 Å². The zero-order chi connectivity index (χ0) is 22.3. The molecule has 4 aromatic rings. The van der Waals surface area contributed by atoms with Crippen molar-refractivity contribution in [2.24, 2.45) is 0 Å². The number of benzene rings is 2. The maximum absolute atomic E-state index is 12.2. The third kappa shape index (κ3) is 5.25. The number of hydrogen-bond donors (Lipinski definition) is 2. The monoisotopic (exact) mass is 431 g/mol. The molecule has 2 heterocycles. The molecule has 162 valence electrons. The van der Waals surface area contributed by atoms with Crippen LogP contribution in [0.1, 0.15) is 18.7 Å². The van der Waals surface area contributed by atoms with Gasteiger partial charge in [0.15, 0.2) is 5.82 Å². The number of phenolic OH excluding ortho intramolecular Hbond substituents is 1. The summed E-state index contributed by atoms with van der Waals surface area (Å²) in [5, 5.41) is 16.3. The maximum atomic E-state index is 12.2. The van der Waals surface area contributed by atoms with Crippen LogP contribution >= 0.6 is 0 Å². The molecule has 0 atom stereocenters. The van der Waals surface area contributed by atoms with E-state index in [2.05, 4.69) is 25.4 Å². The van der Waals surface area contributed by atoms with Gasteiger partial charge in [0.25, 0.3) is 0 Å². The number of carbonyl (C=O) groups excluding carboxylic acids is 1. The van der Waals surface area contributed by atoms with Crippen LogP contribution in [0.3, 0.4) is 0 Å².